The van der Waals surface area contributed by atoms with Gasteiger partial charge in [-0.05, 0) is 84.1 Å². The fourth-order valence-electron chi connectivity index (χ4n) is 4.21. The normalized spacial score (nSPS) is 12.0. The van der Waals surface area contributed by atoms with Gasteiger partial charge in [-0.3, -0.25) is 14.4 Å². The number of rotatable bonds is 11. The molecule has 0 fully saturated rings. The molecule has 0 spiro atoms. The summed E-state index contributed by atoms with van der Waals surface area (Å²) in [6.45, 7) is 6.23. The van der Waals surface area contributed by atoms with Crippen LogP contribution in [0.1, 0.15) is 54.6 Å². The van der Waals surface area contributed by atoms with Gasteiger partial charge in [0.05, 0.1) is 5.25 Å². The SMILES string of the molecule is CCC(Sc1cccc(NC(=O)/C(=C/c2cccc(Cl)c2)NC(=O)c2ccccc2)c1)C(=O)Nc1ccc(C(C)C)cc1. The van der Waals surface area contributed by atoms with Gasteiger partial charge in [0.2, 0.25) is 5.91 Å². The maximum absolute atomic E-state index is 13.4. The first kappa shape index (κ1) is 31.6. The first-order valence-corrected chi connectivity index (χ1v) is 15.3. The second kappa shape index (κ2) is 15.2. The first-order chi connectivity index (χ1) is 20.7. The summed E-state index contributed by atoms with van der Waals surface area (Å²) >= 11 is 7.57. The van der Waals surface area contributed by atoms with Gasteiger partial charge in [-0.2, -0.15) is 0 Å². The Kier molecular flexibility index (Phi) is 11.2. The monoisotopic (exact) mass is 611 g/mol. The first-order valence-electron chi connectivity index (χ1n) is 14.0. The smallest absolute Gasteiger partial charge is 0.272 e. The Morgan fingerprint density at radius 3 is 2.21 bits per heavy atom. The van der Waals surface area contributed by atoms with Gasteiger partial charge < -0.3 is 16.0 Å². The largest absolute Gasteiger partial charge is 0.325 e. The van der Waals surface area contributed by atoms with Crippen molar-refractivity contribution in [1.82, 2.24) is 5.32 Å². The minimum absolute atomic E-state index is 0.0588. The molecular weight excluding hydrogens is 578 g/mol. The molecule has 0 aliphatic heterocycles. The zero-order valence-electron chi connectivity index (χ0n) is 24.3. The average molecular weight is 612 g/mol. The van der Waals surface area contributed by atoms with Gasteiger partial charge in [0.15, 0.2) is 0 Å². The Morgan fingerprint density at radius 1 is 0.814 bits per heavy atom. The lowest BCUT2D eigenvalue weighted by atomic mass is 10.0. The predicted octanol–water partition coefficient (Wildman–Crippen LogP) is 8.38. The molecule has 4 aromatic rings. The van der Waals surface area contributed by atoms with E-state index in [1.54, 1.807) is 60.7 Å². The van der Waals surface area contributed by atoms with Crippen LogP contribution in [0.3, 0.4) is 0 Å². The number of anilines is 2. The molecule has 220 valence electrons. The number of carbonyl (C=O) groups excluding carboxylic acids is 3. The molecule has 4 aromatic carbocycles. The number of hydrogen-bond acceptors (Lipinski definition) is 4. The Labute approximate surface area is 261 Å². The molecule has 0 aromatic heterocycles. The van der Waals surface area contributed by atoms with Crippen molar-refractivity contribution in [3.05, 3.63) is 131 Å². The van der Waals surface area contributed by atoms with Crippen molar-refractivity contribution in [2.75, 3.05) is 10.6 Å². The predicted molar refractivity (Wildman–Crippen MR) is 178 cm³/mol. The lowest BCUT2D eigenvalue weighted by Gasteiger charge is -2.16. The summed E-state index contributed by atoms with van der Waals surface area (Å²) in [5, 5.41) is 8.80. The highest BCUT2D eigenvalue weighted by Gasteiger charge is 2.19. The van der Waals surface area contributed by atoms with Crippen molar-refractivity contribution < 1.29 is 14.4 Å². The molecule has 3 N–H and O–H groups in total. The summed E-state index contributed by atoms with van der Waals surface area (Å²) < 4.78 is 0. The number of hydrogen-bond donors (Lipinski definition) is 3. The van der Waals surface area contributed by atoms with E-state index in [9.17, 15) is 14.4 Å². The molecule has 0 aliphatic rings. The van der Waals surface area contributed by atoms with Gasteiger partial charge in [-0.25, -0.2) is 0 Å². The second-order valence-corrected chi connectivity index (χ2v) is 11.9. The zero-order valence-corrected chi connectivity index (χ0v) is 25.8. The number of halogens is 1. The molecular formula is C35H34ClN3O3S. The highest BCUT2D eigenvalue weighted by molar-refractivity contribution is 8.00. The molecule has 0 radical (unpaired) electrons. The van der Waals surface area contributed by atoms with E-state index in [4.69, 9.17) is 11.6 Å². The van der Waals surface area contributed by atoms with Crippen molar-refractivity contribution in [3.8, 4) is 0 Å². The standard InChI is InChI=1S/C35H34ClN3O3S/c1-4-32(35(42)37-28-18-16-25(17-19-28)23(2)3)43-30-15-9-14-29(22-30)38-34(41)31(21-24-10-8-13-27(36)20-24)39-33(40)26-11-6-5-7-12-26/h5-23,32H,4H2,1-3H3,(H,37,42)(H,38,41)(H,39,40)/b31-21-. The zero-order chi connectivity index (χ0) is 30.8. The summed E-state index contributed by atoms with van der Waals surface area (Å²) in [4.78, 5) is 40.3. The molecule has 0 heterocycles. The van der Waals surface area contributed by atoms with E-state index >= 15 is 0 Å². The number of thioether (sulfide) groups is 1. The Bertz CT molecular complexity index is 1600. The van der Waals surface area contributed by atoms with Gasteiger partial charge in [0.25, 0.3) is 11.8 Å². The highest BCUT2D eigenvalue weighted by atomic mass is 35.5. The lowest BCUT2D eigenvalue weighted by molar-refractivity contribution is -0.116. The lowest BCUT2D eigenvalue weighted by Crippen LogP contribution is -2.30. The van der Waals surface area contributed by atoms with Crippen LogP contribution in [-0.4, -0.2) is 23.0 Å². The third-order valence-electron chi connectivity index (χ3n) is 6.57. The topological polar surface area (TPSA) is 87.3 Å². The summed E-state index contributed by atoms with van der Waals surface area (Å²) in [6, 6.07) is 30.8. The summed E-state index contributed by atoms with van der Waals surface area (Å²) in [7, 11) is 0. The molecule has 8 heteroatoms. The molecule has 3 amide bonds. The van der Waals surface area contributed by atoms with Gasteiger partial charge >= 0.3 is 0 Å². The molecule has 0 saturated carbocycles. The minimum Gasteiger partial charge on any atom is -0.325 e. The van der Waals surface area contributed by atoms with Crippen molar-refractivity contribution in [1.29, 1.82) is 0 Å². The van der Waals surface area contributed by atoms with Gasteiger partial charge in [0, 0.05) is 26.9 Å². The van der Waals surface area contributed by atoms with E-state index in [-0.39, 0.29) is 16.9 Å². The Balaban J connectivity index is 1.48. The number of carbonyl (C=O) groups is 3. The quantitative estimate of drug-likeness (QED) is 0.117. The van der Waals surface area contributed by atoms with Crippen LogP contribution in [0, 0.1) is 0 Å². The number of nitrogens with one attached hydrogen (secondary N) is 3. The van der Waals surface area contributed by atoms with Gasteiger partial charge in [-0.1, -0.05) is 80.9 Å². The molecule has 0 aliphatic carbocycles. The molecule has 43 heavy (non-hydrogen) atoms. The summed E-state index contributed by atoms with van der Waals surface area (Å²) in [5.74, 6) is -0.584. The maximum atomic E-state index is 13.4. The van der Waals surface area contributed by atoms with Gasteiger partial charge in [-0.15, -0.1) is 11.8 Å². The van der Waals surface area contributed by atoms with E-state index < -0.39 is 11.8 Å². The molecule has 4 rings (SSSR count). The maximum Gasteiger partial charge on any atom is 0.272 e. The van der Waals surface area contributed by atoms with Crippen LogP contribution in [0.25, 0.3) is 6.08 Å². The van der Waals surface area contributed by atoms with Crippen LogP contribution < -0.4 is 16.0 Å². The van der Waals surface area contributed by atoms with Crippen LogP contribution in [0.4, 0.5) is 11.4 Å². The molecule has 1 unspecified atom stereocenters. The Morgan fingerprint density at radius 2 is 1.53 bits per heavy atom. The Hall–Kier alpha value is -4.33. The molecule has 6 nitrogen and oxygen atoms in total. The van der Waals surface area contributed by atoms with Crippen LogP contribution >= 0.6 is 23.4 Å². The number of benzene rings is 4. The van der Waals surface area contributed by atoms with Crippen molar-refractivity contribution in [2.24, 2.45) is 0 Å². The van der Waals surface area contributed by atoms with E-state index in [1.165, 1.54) is 17.3 Å². The minimum atomic E-state index is -0.499. The van der Waals surface area contributed by atoms with Gasteiger partial charge in [0.1, 0.15) is 5.70 Å². The van der Waals surface area contributed by atoms with Crippen LogP contribution in [0.15, 0.2) is 114 Å². The van der Waals surface area contributed by atoms with E-state index in [0.29, 0.717) is 34.2 Å². The van der Waals surface area contributed by atoms with E-state index in [0.717, 1.165) is 10.6 Å². The third kappa shape index (κ3) is 9.33. The number of amides is 3. The second-order valence-electron chi connectivity index (χ2n) is 10.2. The summed E-state index contributed by atoms with van der Waals surface area (Å²) in [6.07, 6.45) is 2.20. The van der Waals surface area contributed by atoms with Crippen LogP contribution in [-0.2, 0) is 9.59 Å². The fraction of sp³-hybridized carbons (Fsp3) is 0.171. The average Bonchev–Trinajstić information content (AvgIpc) is 3.00. The molecule has 0 bridgehead atoms. The van der Waals surface area contributed by atoms with Crippen molar-refractivity contribution >= 4 is 58.5 Å². The summed E-state index contributed by atoms with van der Waals surface area (Å²) in [5.41, 5.74) is 3.63. The molecule has 0 saturated heterocycles. The third-order valence-corrected chi connectivity index (χ3v) is 8.16. The van der Waals surface area contributed by atoms with E-state index in [2.05, 4.69) is 29.8 Å². The molecule has 1 atom stereocenters. The highest BCUT2D eigenvalue weighted by Crippen LogP contribution is 2.29. The van der Waals surface area contributed by atoms with Crippen molar-refractivity contribution in [3.63, 3.8) is 0 Å². The van der Waals surface area contributed by atoms with Crippen LogP contribution in [0.5, 0.6) is 0 Å². The van der Waals surface area contributed by atoms with Crippen molar-refractivity contribution in [2.45, 2.75) is 43.3 Å². The van der Waals surface area contributed by atoms with Crippen LogP contribution in [0.2, 0.25) is 5.02 Å². The van der Waals surface area contributed by atoms with E-state index in [1.807, 2.05) is 55.5 Å². The fourth-order valence-corrected chi connectivity index (χ4v) is 5.42.